The van der Waals surface area contributed by atoms with E-state index in [9.17, 15) is 18.4 Å². The summed E-state index contributed by atoms with van der Waals surface area (Å²) in [6.07, 6.45) is 1.87. The Bertz CT molecular complexity index is 1100. The number of carbonyl (C=O) groups excluding carboxylic acids is 1. The number of nitrogens with one attached hydrogen (secondary N) is 1. The van der Waals surface area contributed by atoms with Gasteiger partial charge in [-0.15, -0.1) is 0 Å². The van der Waals surface area contributed by atoms with Crippen LogP contribution >= 0.6 is 0 Å². The van der Waals surface area contributed by atoms with E-state index in [1.807, 2.05) is 12.1 Å². The van der Waals surface area contributed by atoms with Crippen molar-refractivity contribution in [3.8, 4) is 0 Å². The Balaban J connectivity index is 1.79. The zero-order chi connectivity index (χ0) is 19.9. The molecule has 0 saturated heterocycles. The summed E-state index contributed by atoms with van der Waals surface area (Å²) in [5.41, 5.74) is 3.42. The first-order chi connectivity index (χ1) is 13.3. The quantitative estimate of drug-likeness (QED) is 0.731. The van der Waals surface area contributed by atoms with E-state index in [2.05, 4.69) is 10.4 Å². The summed E-state index contributed by atoms with van der Waals surface area (Å²) in [4.78, 5) is 29.5. The third-order valence-electron chi connectivity index (χ3n) is 4.78. The van der Waals surface area contributed by atoms with Gasteiger partial charge in [-0.25, -0.2) is 4.98 Å². The fourth-order valence-corrected chi connectivity index (χ4v) is 3.30. The molecule has 0 unspecified atom stereocenters. The first-order valence-corrected chi connectivity index (χ1v) is 9.12. The lowest BCUT2D eigenvalue weighted by molar-refractivity contribution is -0.116. The van der Waals surface area contributed by atoms with Crippen LogP contribution in [0.25, 0.3) is 10.9 Å². The van der Waals surface area contributed by atoms with Gasteiger partial charge >= 0.3 is 5.92 Å². The molecule has 0 radical (unpaired) electrons. The number of nitrogens with zero attached hydrogens (tertiary/aromatic N) is 2. The summed E-state index contributed by atoms with van der Waals surface area (Å²) in [6, 6.07) is 14.0. The summed E-state index contributed by atoms with van der Waals surface area (Å²) in [7, 11) is 0. The number of carbonyl (C=O) groups is 1. The third-order valence-corrected chi connectivity index (χ3v) is 4.78. The minimum Gasteiger partial charge on any atom is -0.273 e. The smallest absolute Gasteiger partial charge is 0.273 e. The van der Waals surface area contributed by atoms with Crippen molar-refractivity contribution in [1.82, 2.24) is 9.66 Å². The number of alkyl halides is 2. The van der Waals surface area contributed by atoms with Gasteiger partial charge in [0.1, 0.15) is 0 Å². The number of hydrogen-bond donors (Lipinski definition) is 1. The predicted octanol–water partition coefficient (Wildman–Crippen LogP) is 3.70. The van der Waals surface area contributed by atoms with Crippen LogP contribution in [0.15, 0.2) is 53.3 Å². The highest BCUT2D eigenvalue weighted by molar-refractivity contribution is 5.87. The third kappa shape index (κ3) is 3.52. The average molecular weight is 383 g/mol. The van der Waals surface area contributed by atoms with Crippen molar-refractivity contribution >= 4 is 16.8 Å². The molecule has 1 saturated carbocycles. The number of rotatable bonds is 5. The van der Waals surface area contributed by atoms with Gasteiger partial charge in [-0.3, -0.25) is 15.0 Å². The van der Waals surface area contributed by atoms with E-state index in [1.54, 1.807) is 36.4 Å². The molecule has 1 aliphatic carbocycles. The second-order valence-corrected chi connectivity index (χ2v) is 7.18. The maximum Gasteiger partial charge on any atom is 0.303 e. The number of fused-ring (bicyclic) bond motifs is 1. The van der Waals surface area contributed by atoms with Crippen molar-refractivity contribution in [3.05, 3.63) is 75.8 Å². The van der Waals surface area contributed by atoms with Gasteiger partial charge in [0.15, 0.2) is 0 Å². The second-order valence-electron chi connectivity index (χ2n) is 7.18. The van der Waals surface area contributed by atoms with Gasteiger partial charge in [0, 0.05) is 6.92 Å². The molecule has 0 atom stereocenters. The van der Waals surface area contributed by atoms with Gasteiger partial charge in [-0.1, -0.05) is 42.5 Å². The number of aromatic nitrogens is 2. The molecule has 1 amide bonds. The van der Waals surface area contributed by atoms with Gasteiger partial charge in [0.2, 0.25) is 11.7 Å². The number of hydrogen-bond acceptors (Lipinski definition) is 3. The second kappa shape index (κ2) is 6.82. The van der Waals surface area contributed by atoms with E-state index in [0.717, 1.165) is 18.4 Å². The number of halogens is 2. The van der Waals surface area contributed by atoms with E-state index < -0.39 is 23.2 Å². The Morgan fingerprint density at radius 2 is 1.89 bits per heavy atom. The van der Waals surface area contributed by atoms with Gasteiger partial charge in [-0.2, -0.15) is 13.5 Å². The van der Waals surface area contributed by atoms with E-state index in [-0.39, 0.29) is 17.7 Å². The van der Waals surface area contributed by atoms with Gasteiger partial charge < -0.3 is 0 Å². The van der Waals surface area contributed by atoms with Crippen LogP contribution in [-0.4, -0.2) is 15.6 Å². The fourth-order valence-electron chi connectivity index (χ4n) is 3.30. The lowest BCUT2D eigenvalue weighted by Gasteiger charge is -2.19. The molecule has 5 nitrogen and oxygen atoms in total. The molecule has 2 aromatic carbocycles. The standard InChI is InChI=1S/C21H19F2N3O2/c1-21(22,23)20-24-18-15(14-10-11-14)8-5-9-16(18)19(28)26(20)25-17(27)12-13-6-3-2-4-7-13/h2-9,14H,10-12H2,1H3,(H,25,27). The maximum atomic E-state index is 14.3. The van der Waals surface area contributed by atoms with Gasteiger partial charge in [0.05, 0.1) is 17.3 Å². The molecule has 1 aromatic heterocycles. The Labute approximate surface area is 160 Å². The predicted molar refractivity (Wildman–Crippen MR) is 102 cm³/mol. The topological polar surface area (TPSA) is 64.0 Å². The first-order valence-electron chi connectivity index (χ1n) is 9.12. The Morgan fingerprint density at radius 1 is 1.18 bits per heavy atom. The summed E-state index contributed by atoms with van der Waals surface area (Å²) >= 11 is 0. The van der Waals surface area contributed by atoms with Crippen LogP contribution in [0.3, 0.4) is 0 Å². The van der Waals surface area contributed by atoms with Gasteiger partial charge in [0.25, 0.3) is 5.56 Å². The molecule has 1 heterocycles. The minimum absolute atomic E-state index is 0.0395. The summed E-state index contributed by atoms with van der Waals surface area (Å²) in [5, 5.41) is 0.220. The van der Waals surface area contributed by atoms with Crippen molar-refractivity contribution in [2.24, 2.45) is 0 Å². The number of benzene rings is 2. The van der Waals surface area contributed by atoms with Crippen molar-refractivity contribution in [1.29, 1.82) is 0 Å². The molecule has 0 spiro atoms. The highest BCUT2D eigenvalue weighted by atomic mass is 19.3. The zero-order valence-electron chi connectivity index (χ0n) is 15.3. The number of amides is 1. The minimum atomic E-state index is -3.40. The molecule has 1 N–H and O–H groups in total. The Kier molecular flexibility index (Phi) is 4.45. The monoisotopic (exact) mass is 383 g/mol. The normalized spacial score (nSPS) is 14.2. The van der Waals surface area contributed by atoms with Crippen molar-refractivity contribution in [3.63, 3.8) is 0 Å². The van der Waals surface area contributed by atoms with Crippen LogP contribution in [-0.2, 0) is 17.1 Å². The first kappa shape index (κ1) is 18.3. The maximum absolute atomic E-state index is 14.3. The fraction of sp³-hybridized carbons (Fsp3) is 0.286. The molecule has 7 heteroatoms. The van der Waals surface area contributed by atoms with Crippen LogP contribution in [0.1, 0.15) is 42.6 Å². The van der Waals surface area contributed by atoms with Crippen molar-refractivity contribution < 1.29 is 13.6 Å². The summed E-state index contributed by atoms with van der Waals surface area (Å²) in [5.74, 6) is -4.49. The molecular formula is C21H19F2N3O2. The number of para-hydroxylation sites is 1. The molecular weight excluding hydrogens is 364 g/mol. The highest BCUT2D eigenvalue weighted by Crippen LogP contribution is 2.42. The van der Waals surface area contributed by atoms with Gasteiger partial charge in [-0.05, 0) is 36.0 Å². The van der Waals surface area contributed by atoms with Crippen LogP contribution < -0.4 is 11.0 Å². The van der Waals surface area contributed by atoms with Crippen LogP contribution in [0.2, 0.25) is 0 Å². The molecule has 144 valence electrons. The largest absolute Gasteiger partial charge is 0.303 e. The lowest BCUT2D eigenvalue weighted by atomic mass is 10.1. The molecule has 28 heavy (non-hydrogen) atoms. The molecule has 0 aliphatic heterocycles. The van der Waals surface area contributed by atoms with Crippen LogP contribution in [0.4, 0.5) is 8.78 Å². The highest BCUT2D eigenvalue weighted by Gasteiger charge is 2.34. The SMILES string of the molecule is CC(F)(F)c1nc2c(C3CC3)cccc2c(=O)n1NC(=O)Cc1ccccc1. The zero-order valence-corrected chi connectivity index (χ0v) is 15.3. The molecule has 1 fully saturated rings. The Morgan fingerprint density at radius 3 is 2.54 bits per heavy atom. The molecule has 1 aliphatic rings. The van der Waals surface area contributed by atoms with E-state index in [1.165, 1.54) is 0 Å². The summed E-state index contributed by atoms with van der Waals surface area (Å²) in [6.45, 7) is 0.667. The molecule has 0 bridgehead atoms. The van der Waals surface area contributed by atoms with Crippen molar-refractivity contribution in [2.45, 2.75) is 38.0 Å². The average Bonchev–Trinajstić information content (AvgIpc) is 3.48. The molecule has 4 rings (SSSR count). The van der Waals surface area contributed by atoms with E-state index in [4.69, 9.17) is 0 Å². The van der Waals surface area contributed by atoms with E-state index in [0.29, 0.717) is 22.7 Å². The Hall–Kier alpha value is -3.09. The summed E-state index contributed by atoms with van der Waals surface area (Å²) < 4.78 is 29.1. The van der Waals surface area contributed by atoms with Crippen LogP contribution in [0.5, 0.6) is 0 Å². The van der Waals surface area contributed by atoms with Crippen molar-refractivity contribution in [2.75, 3.05) is 5.43 Å². The van der Waals surface area contributed by atoms with E-state index >= 15 is 0 Å². The lowest BCUT2D eigenvalue weighted by Crippen LogP contribution is -2.39. The molecule has 3 aromatic rings. The van der Waals surface area contributed by atoms with Crippen LogP contribution in [0, 0.1) is 0 Å².